The zero-order chi connectivity index (χ0) is 23.4. The number of Topliss-reactive ketones (excluding diaryl/α,β-unsaturated/α-hetero) is 1. The number of carbonyl (C=O) groups is 3. The Morgan fingerprint density at radius 1 is 0.879 bits per heavy atom. The van der Waals surface area contributed by atoms with E-state index < -0.39 is 23.7 Å². The van der Waals surface area contributed by atoms with Crippen molar-refractivity contribution in [1.82, 2.24) is 9.88 Å². The fraction of sp³-hybridized carbons (Fsp3) is 0.148. The highest BCUT2D eigenvalue weighted by Crippen LogP contribution is 2.26. The molecule has 2 atom stereocenters. The molecule has 3 aromatic carbocycles. The van der Waals surface area contributed by atoms with Crippen LogP contribution in [-0.2, 0) is 16.0 Å². The Balaban J connectivity index is 1.75. The molecule has 0 bridgehead atoms. The van der Waals surface area contributed by atoms with E-state index in [4.69, 9.17) is 0 Å². The molecular weight excluding hydrogens is 416 g/mol. The Kier molecular flexibility index (Phi) is 6.36. The minimum Gasteiger partial charge on any atom is -0.480 e. The molecule has 0 saturated heterocycles. The molecule has 33 heavy (non-hydrogen) atoms. The summed E-state index contributed by atoms with van der Waals surface area (Å²) in [5.41, 5.74) is 2.57. The van der Waals surface area contributed by atoms with Gasteiger partial charge in [-0.25, -0.2) is 0 Å². The summed E-state index contributed by atoms with van der Waals surface area (Å²) in [7, 11) is 1.55. The van der Waals surface area contributed by atoms with Gasteiger partial charge in [0.25, 0.3) is 5.91 Å². The van der Waals surface area contributed by atoms with Gasteiger partial charge in [0.2, 0.25) is 0 Å². The molecule has 4 aromatic rings. The third kappa shape index (κ3) is 4.55. The van der Waals surface area contributed by atoms with E-state index in [2.05, 4.69) is 4.98 Å². The van der Waals surface area contributed by atoms with Gasteiger partial charge in [0, 0.05) is 36.1 Å². The summed E-state index contributed by atoms with van der Waals surface area (Å²) in [4.78, 5) is 43.7. The van der Waals surface area contributed by atoms with Crippen molar-refractivity contribution in [3.63, 3.8) is 0 Å². The summed E-state index contributed by atoms with van der Waals surface area (Å²) in [5.74, 6) is -3.50. The third-order valence-corrected chi connectivity index (χ3v) is 5.89. The predicted molar refractivity (Wildman–Crippen MR) is 126 cm³/mol. The van der Waals surface area contributed by atoms with Crippen LogP contribution in [0.15, 0.2) is 91.1 Å². The molecule has 1 aromatic heterocycles. The quantitative estimate of drug-likeness (QED) is 0.400. The standard InChI is InChI=1S/C27H24N2O4/c1-29(26(31)19-12-6-3-7-13-19)23(16-20-17-28-22-15-9-8-14-21(20)22)25(30)24(27(32)33)18-10-4-2-5-11-18/h2-15,17,23-24,28H,16H2,1H3,(H,32,33)/t23-,24?/m0/s1. The fourth-order valence-corrected chi connectivity index (χ4v) is 4.13. The number of likely N-dealkylation sites (N-methyl/N-ethyl adjacent to an activating group) is 1. The van der Waals surface area contributed by atoms with Crippen molar-refractivity contribution in [2.24, 2.45) is 0 Å². The van der Waals surface area contributed by atoms with Gasteiger partial charge in [-0.3, -0.25) is 14.4 Å². The number of aromatic amines is 1. The van der Waals surface area contributed by atoms with Crippen LogP contribution in [0.1, 0.15) is 27.4 Å². The van der Waals surface area contributed by atoms with E-state index in [1.54, 1.807) is 67.7 Å². The Labute approximate surface area is 191 Å². The number of carboxylic acid groups (broad SMARTS) is 1. The van der Waals surface area contributed by atoms with Crippen LogP contribution < -0.4 is 0 Å². The first-order chi connectivity index (χ1) is 16.0. The maximum atomic E-state index is 13.7. The highest BCUT2D eigenvalue weighted by molar-refractivity contribution is 6.08. The number of ketones is 1. The predicted octanol–water partition coefficient (Wildman–Crippen LogP) is 4.29. The number of para-hydroxylation sites is 1. The number of fused-ring (bicyclic) bond motifs is 1. The summed E-state index contributed by atoms with van der Waals surface area (Å²) in [6, 6.07) is 23.8. The maximum absolute atomic E-state index is 13.7. The average molecular weight is 440 g/mol. The smallest absolute Gasteiger partial charge is 0.318 e. The van der Waals surface area contributed by atoms with Crippen LogP contribution >= 0.6 is 0 Å². The minimum absolute atomic E-state index is 0.189. The van der Waals surface area contributed by atoms with Crippen LogP contribution in [0.5, 0.6) is 0 Å². The largest absolute Gasteiger partial charge is 0.480 e. The number of aliphatic carboxylic acids is 1. The lowest BCUT2D eigenvalue weighted by molar-refractivity contribution is -0.143. The van der Waals surface area contributed by atoms with E-state index in [1.165, 1.54) is 4.90 Å². The summed E-state index contributed by atoms with van der Waals surface area (Å²) in [5, 5.41) is 10.9. The van der Waals surface area contributed by atoms with Crippen LogP contribution in [0.3, 0.4) is 0 Å². The normalized spacial score (nSPS) is 12.8. The second kappa shape index (κ2) is 9.53. The lowest BCUT2D eigenvalue weighted by Crippen LogP contribution is -2.47. The fourth-order valence-electron chi connectivity index (χ4n) is 4.13. The van der Waals surface area contributed by atoms with Gasteiger partial charge in [-0.1, -0.05) is 66.7 Å². The van der Waals surface area contributed by atoms with Gasteiger partial charge < -0.3 is 15.0 Å². The van der Waals surface area contributed by atoms with Crippen molar-refractivity contribution in [2.45, 2.75) is 18.4 Å². The maximum Gasteiger partial charge on any atom is 0.318 e. The molecule has 1 amide bonds. The first-order valence-electron chi connectivity index (χ1n) is 10.7. The molecule has 1 heterocycles. The molecule has 0 aliphatic rings. The number of benzene rings is 3. The van der Waals surface area contributed by atoms with E-state index >= 15 is 0 Å². The van der Waals surface area contributed by atoms with Gasteiger partial charge in [0.1, 0.15) is 5.92 Å². The van der Waals surface area contributed by atoms with Crippen molar-refractivity contribution in [3.05, 3.63) is 108 Å². The molecule has 0 radical (unpaired) electrons. The number of nitrogens with one attached hydrogen (secondary N) is 1. The van der Waals surface area contributed by atoms with Gasteiger partial charge in [-0.15, -0.1) is 0 Å². The van der Waals surface area contributed by atoms with Gasteiger partial charge in [0.05, 0.1) is 6.04 Å². The zero-order valence-electron chi connectivity index (χ0n) is 18.1. The van der Waals surface area contributed by atoms with Crippen molar-refractivity contribution in [1.29, 1.82) is 0 Å². The van der Waals surface area contributed by atoms with E-state index in [0.717, 1.165) is 16.5 Å². The molecule has 0 spiro atoms. The molecule has 0 saturated carbocycles. The minimum atomic E-state index is -1.38. The summed E-state index contributed by atoms with van der Waals surface area (Å²) in [6.45, 7) is 0. The van der Waals surface area contributed by atoms with E-state index in [-0.39, 0.29) is 12.3 Å². The lowest BCUT2D eigenvalue weighted by Gasteiger charge is -2.29. The molecule has 0 aliphatic carbocycles. The van der Waals surface area contributed by atoms with Crippen LogP contribution in [0.25, 0.3) is 10.9 Å². The molecule has 6 heteroatoms. The van der Waals surface area contributed by atoms with Gasteiger partial charge in [0.15, 0.2) is 5.78 Å². The lowest BCUT2D eigenvalue weighted by atomic mass is 9.87. The first kappa shape index (κ1) is 22.0. The zero-order valence-corrected chi connectivity index (χ0v) is 18.1. The Bertz CT molecular complexity index is 1280. The molecular formula is C27H24N2O4. The topological polar surface area (TPSA) is 90.5 Å². The second-order valence-electron chi connectivity index (χ2n) is 7.95. The number of rotatable bonds is 8. The first-order valence-corrected chi connectivity index (χ1v) is 10.7. The van der Waals surface area contributed by atoms with Gasteiger partial charge in [-0.05, 0) is 29.3 Å². The van der Waals surface area contributed by atoms with Crippen LogP contribution in [0, 0.1) is 0 Å². The molecule has 4 rings (SSSR count). The van der Waals surface area contributed by atoms with E-state index in [1.807, 2.05) is 30.5 Å². The summed E-state index contributed by atoms with van der Waals surface area (Å²) >= 11 is 0. The monoisotopic (exact) mass is 440 g/mol. The number of carboxylic acids is 1. The third-order valence-electron chi connectivity index (χ3n) is 5.89. The molecule has 1 unspecified atom stereocenters. The molecule has 166 valence electrons. The number of carbonyl (C=O) groups excluding carboxylic acids is 2. The number of aromatic nitrogens is 1. The number of H-pyrrole nitrogens is 1. The summed E-state index contributed by atoms with van der Waals surface area (Å²) in [6.07, 6.45) is 2.00. The number of hydrogen-bond donors (Lipinski definition) is 2. The van der Waals surface area contributed by atoms with E-state index in [0.29, 0.717) is 11.1 Å². The highest BCUT2D eigenvalue weighted by Gasteiger charge is 2.37. The van der Waals surface area contributed by atoms with Gasteiger partial charge in [-0.2, -0.15) is 0 Å². The average Bonchev–Trinajstić information content (AvgIpc) is 3.25. The van der Waals surface area contributed by atoms with Crippen LogP contribution in [-0.4, -0.2) is 45.7 Å². The van der Waals surface area contributed by atoms with Crippen molar-refractivity contribution < 1.29 is 19.5 Å². The Hall–Kier alpha value is -4.19. The summed E-state index contributed by atoms with van der Waals surface area (Å²) < 4.78 is 0. The Morgan fingerprint density at radius 2 is 1.48 bits per heavy atom. The van der Waals surface area contributed by atoms with Crippen molar-refractivity contribution >= 4 is 28.6 Å². The molecule has 6 nitrogen and oxygen atoms in total. The Morgan fingerprint density at radius 3 is 2.15 bits per heavy atom. The van der Waals surface area contributed by atoms with Crippen molar-refractivity contribution in [3.8, 4) is 0 Å². The SMILES string of the molecule is CN(C(=O)c1ccccc1)[C@@H](Cc1c[nH]c2ccccc12)C(=O)C(C(=O)O)c1ccccc1. The van der Waals surface area contributed by atoms with Crippen molar-refractivity contribution in [2.75, 3.05) is 7.05 Å². The number of nitrogens with zero attached hydrogens (tertiary/aromatic N) is 1. The van der Waals surface area contributed by atoms with Crippen LogP contribution in [0.2, 0.25) is 0 Å². The van der Waals surface area contributed by atoms with Gasteiger partial charge >= 0.3 is 5.97 Å². The number of hydrogen-bond acceptors (Lipinski definition) is 3. The number of amides is 1. The highest BCUT2D eigenvalue weighted by atomic mass is 16.4. The second-order valence-corrected chi connectivity index (χ2v) is 7.95. The van der Waals surface area contributed by atoms with E-state index in [9.17, 15) is 19.5 Å². The molecule has 0 fully saturated rings. The molecule has 0 aliphatic heterocycles. The van der Waals surface area contributed by atoms with Crippen LogP contribution in [0.4, 0.5) is 0 Å². The molecule has 2 N–H and O–H groups in total.